The molecule has 0 saturated carbocycles. The van der Waals surface area contributed by atoms with Gasteiger partial charge >= 0.3 is 0 Å². The van der Waals surface area contributed by atoms with Crippen molar-refractivity contribution < 1.29 is 13.2 Å². The van der Waals surface area contributed by atoms with E-state index in [1.54, 1.807) is 31.2 Å². The Bertz CT molecular complexity index is 454. The number of hydrogen-bond acceptors (Lipinski definition) is 4. The largest absolute Gasteiger partial charge is 0.382 e. The summed E-state index contributed by atoms with van der Waals surface area (Å²) < 4.78 is 28.6. The number of nitrogens with one attached hydrogen (secondary N) is 1. The zero-order valence-electron chi connectivity index (χ0n) is 11.1. The minimum Gasteiger partial charge on any atom is -0.382 e. The van der Waals surface area contributed by atoms with Gasteiger partial charge in [0.2, 0.25) is 0 Å². The fourth-order valence-electron chi connectivity index (χ4n) is 1.55. The lowest BCUT2D eigenvalue weighted by Crippen LogP contribution is -2.19. The highest BCUT2D eigenvalue weighted by molar-refractivity contribution is 7.91. The van der Waals surface area contributed by atoms with Crippen molar-refractivity contribution in [3.05, 3.63) is 24.3 Å². The van der Waals surface area contributed by atoms with E-state index < -0.39 is 9.84 Å². The Kier molecular flexibility index (Phi) is 5.62. The van der Waals surface area contributed by atoms with E-state index in [9.17, 15) is 8.42 Å². The molecule has 1 rings (SSSR count). The number of anilines is 1. The first-order valence-electron chi connectivity index (χ1n) is 6.18. The summed E-state index contributed by atoms with van der Waals surface area (Å²) in [5.41, 5.74) is 0.900. The molecule has 0 aromatic heterocycles. The summed E-state index contributed by atoms with van der Waals surface area (Å²) in [6.45, 7) is 6.99. The van der Waals surface area contributed by atoms with E-state index >= 15 is 0 Å². The molecule has 1 atom stereocenters. The molecule has 0 aliphatic carbocycles. The van der Waals surface area contributed by atoms with Gasteiger partial charge in [0.15, 0.2) is 9.84 Å². The molecule has 0 heterocycles. The Balaban J connectivity index is 2.61. The summed E-state index contributed by atoms with van der Waals surface area (Å²) >= 11 is 0. The van der Waals surface area contributed by atoms with Gasteiger partial charge in [-0.15, -0.1) is 0 Å². The summed E-state index contributed by atoms with van der Waals surface area (Å²) in [4.78, 5) is 0.369. The van der Waals surface area contributed by atoms with Gasteiger partial charge in [-0.05, 0) is 38.1 Å². The van der Waals surface area contributed by atoms with E-state index in [1.807, 2.05) is 13.8 Å². The zero-order chi connectivity index (χ0) is 13.6. The number of sulfone groups is 1. The summed E-state index contributed by atoms with van der Waals surface area (Å²) in [6.07, 6.45) is 0.133. The van der Waals surface area contributed by atoms with E-state index in [0.29, 0.717) is 18.0 Å². The normalized spacial score (nSPS) is 13.3. The number of ether oxygens (including phenoxy) is 1. The molecule has 4 nitrogen and oxygen atoms in total. The maximum absolute atomic E-state index is 11.6. The number of rotatable bonds is 7. The van der Waals surface area contributed by atoms with Crippen molar-refractivity contribution in [3.63, 3.8) is 0 Å². The average molecular weight is 271 g/mol. The van der Waals surface area contributed by atoms with Crippen LogP contribution in [-0.4, -0.2) is 33.4 Å². The van der Waals surface area contributed by atoms with Crippen LogP contribution in [-0.2, 0) is 14.6 Å². The quantitative estimate of drug-likeness (QED) is 0.827. The molecule has 0 amide bonds. The topological polar surface area (TPSA) is 55.4 Å². The van der Waals surface area contributed by atoms with E-state index in [0.717, 1.165) is 5.69 Å². The van der Waals surface area contributed by atoms with Crippen LogP contribution >= 0.6 is 0 Å². The molecule has 0 saturated heterocycles. The molecule has 0 aliphatic heterocycles. The van der Waals surface area contributed by atoms with Crippen molar-refractivity contribution in [2.24, 2.45) is 0 Å². The molecule has 0 radical (unpaired) electrons. The zero-order valence-corrected chi connectivity index (χ0v) is 12.0. The van der Waals surface area contributed by atoms with Crippen molar-refractivity contribution in [3.8, 4) is 0 Å². The minimum absolute atomic E-state index is 0.126. The lowest BCUT2D eigenvalue weighted by atomic mass is 10.3. The number of hydrogen-bond donors (Lipinski definition) is 1. The molecule has 18 heavy (non-hydrogen) atoms. The van der Waals surface area contributed by atoms with Crippen LogP contribution in [0.5, 0.6) is 0 Å². The van der Waals surface area contributed by atoms with Crippen LogP contribution in [0.25, 0.3) is 0 Å². The summed E-state index contributed by atoms with van der Waals surface area (Å²) in [6, 6.07) is 6.82. The summed E-state index contributed by atoms with van der Waals surface area (Å²) in [5.74, 6) is 0.126. The molecule has 1 N–H and O–H groups in total. The van der Waals surface area contributed by atoms with E-state index in [1.165, 1.54) is 0 Å². The van der Waals surface area contributed by atoms with Gasteiger partial charge in [0.1, 0.15) is 0 Å². The molecule has 102 valence electrons. The lowest BCUT2D eigenvalue weighted by molar-refractivity contribution is 0.0855. The van der Waals surface area contributed by atoms with Crippen LogP contribution in [0.2, 0.25) is 0 Å². The average Bonchev–Trinajstić information content (AvgIpc) is 2.37. The molecule has 1 aromatic rings. The first kappa shape index (κ1) is 15.0. The Morgan fingerprint density at radius 2 is 1.83 bits per heavy atom. The molecule has 1 aromatic carbocycles. The Morgan fingerprint density at radius 1 is 1.22 bits per heavy atom. The predicted octanol–water partition coefficient (Wildman–Crippen LogP) is 2.32. The first-order chi connectivity index (χ1) is 8.49. The van der Waals surface area contributed by atoms with Gasteiger partial charge in [0, 0.05) is 18.8 Å². The van der Waals surface area contributed by atoms with Gasteiger partial charge in [-0.3, -0.25) is 0 Å². The second kappa shape index (κ2) is 6.75. The van der Waals surface area contributed by atoms with Crippen molar-refractivity contribution in [1.29, 1.82) is 0 Å². The third-order valence-electron chi connectivity index (χ3n) is 2.64. The Hall–Kier alpha value is -1.07. The lowest BCUT2D eigenvalue weighted by Gasteiger charge is -2.13. The van der Waals surface area contributed by atoms with Crippen LogP contribution in [0.3, 0.4) is 0 Å². The van der Waals surface area contributed by atoms with Crippen LogP contribution < -0.4 is 5.32 Å². The molecular weight excluding hydrogens is 250 g/mol. The molecule has 0 bridgehead atoms. The molecule has 0 fully saturated rings. The third-order valence-corrected chi connectivity index (χ3v) is 4.39. The van der Waals surface area contributed by atoms with Crippen molar-refractivity contribution in [2.45, 2.75) is 31.8 Å². The smallest absolute Gasteiger partial charge is 0.178 e. The van der Waals surface area contributed by atoms with Gasteiger partial charge in [0.05, 0.1) is 16.8 Å². The monoisotopic (exact) mass is 271 g/mol. The second-order valence-electron chi connectivity index (χ2n) is 4.07. The second-order valence-corrected chi connectivity index (χ2v) is 6.35. The van der Waals surface area contributed by atoms with Gasteiger partial charge in [0.25, 0.3) is 0 Å². The van der Waals surface area contributed by atoms with Crippen molar-refractivity contribution in [2.75, 3.05) is 24.2 Å². The number of benzene rings is 1. The third kappa shape index (κ3) is 4.31. The first-order valence-corrected chi connectivity index (χ1v) is 7.83. The summed E-state index contributed by atoms with van der Waals surface area (Å²) in [5, 5.41) is 3.21. The van der Waals surface area contributed by atoms with Gasteiger partial charge in [-0.25, -0.2) is 8.42 Å². The minimum atomic E-state index is -3.11. The van der Waals surface area contributed by atoms with Gasteiger partial charge in [-0.1, -0.05) is 6.92 Å². The predicted molar refractivity (Wildman–Crippen MR) is 73.7 cm³/mol. The SMILES string of the molecule is CCOC(C)CNc1ccc(S(=O)(=O)CC)cc1. The standard InChI is InChI=1S/C13H21NO3S/c1-4-17-11(3)10-14-12-6-8-13(9-7-12)18(15,16)5-2/h6-9,11,14H,4-5,10H2,1-3H3. The fourth-order valence-corrected chi connectivity index (χ4v) is 2.44. The van der Waals surface area contributed by atoms with Gasteiger partial charge in [-0.2, -0.15) is 0 Å². The maximum Gasteiger partial charge on any atom is 0.178 e. The van der Waals surface area contributed by atoms with Crippen molar-refractivity contribution in [1.82, 2.24) is 0 Å². The van der Waals surface area contributed by atoms with E-state index in [4.69, 9.17) is 4.74 Å². The van der Waals surface area contributed by atoms with Crippen LogP contribution in [0.1, 0.15) is 20.8 Å². The maximum atomic E-state index is 11.6. The van der Waals surface area contributed by atoms with Crippen molar-refractivity contribution >= 4 is 15.5 Å². The van der Waals surface area contributed by atoms with Crippen LogP contribution in [0.15, 0.2) is 29.2 Å². The molecular formula is C13H21NO3S. The van der Waals surface area contributed by atoms with Gasteiger partial charge < -0.3 is 10.1 Å². The summed E-state index contributed by atoms with van der Waals surface area (Å²) in [7, 11) is -3.11. The van der Waals surface area contributed by atoms with Crippen LogP contribution in [0, 0.1) is 0 Å². The molecule has 1 unspecified atom stereocenters. The molecule has 0 aliphatic rings. The Labute approximate surface area is 109 Å². The highest BCUT2D eigenvalue weighted by atomic mass is 32.2. The van der Waals surface area contributed by atoms with E-state index in [2.05, 4.69) is 5.32 Å². The highest BCUT2D eigenvalue weighted by Crippen LogP contribution is 2.15. The van der Waals surface area contributed by atoms with E-state index in [-0.39, 0.29) is 11.9 Å². The molecule has 5 heteroatoms. The Morgan fingerprint density at radius 3 is 2.33 bits per heavy atom. The molecule has 0 spiro atoms. The fraction of sp³-hybridized carbons (Fsp3) is 0.538. The van der Waals surface area contributed by atoms with Crippen LogP contribution in [0.4, 0.5) is 5.69 Å². The highest BCUT2D eigenvalue weighted by Gasteiger charge is 2.10.